The number of amides is 1. The summed E-state index contributed by atoms with van der Waals surface area (Å²) in [5, 5.41) is 14.8. The van der Waals surface area contributed by atoms with Gasteiger partial charge < -0.3 is 15.6 Å². The minimum absolute atomic E-state index is 0.0436. The Morgan fingerprint density at radius 2 is 2.29 bits per heavy atom. The van der Waals surface area contributed by atoms with Crippen molar-refractivity contribution in [3.63, 3.8) is 0 Å². The molecule has 0 aliphatic rings. The van der Waals surface area contributed by atoms with Gasteiger partial charge in [0.05, 0.1) is 6.61 Å². The topological polar surface area (TPSA) is 84.6 Å². The fourth-order valence-corrected chi connectivity index (χ4v) is 2.64. The van der Waals surface area contributed by atoms with Crippen LogP contribution in [-0.4, -0.2) is 17.6 Å². The van der Waals surface area contributed by atoms with Crippen molar-refractivity contribution in [1.82, 2.24) is 5.32 Å². The fourth-order valence-electron chi connectivity index (χ4n) is 1.98. The van der Waals surface area contributed by atoms with Crippen LogP contribution < -0.4 is 15.8 Å². The molecule has 0 radical (unpaired) electrons. The summed E-state index contributed by atoms with van der Waals surface area (Å²) in [6.45, 7) is 2.81. The average Bonchev–Trinajstić information content (AvgIpc) is 2.95. The number of primary amides is 1. The molecule has 4 N–H and O–H groups in total. The van der Waals surface area contributed by atoms with E-state index in [9.17, 15) is 9.90 Å². The van der Waals surface area contributed by atoms with E-state index >= 15 is 0 Å². The molecule has 0 fully saturated rings. The lowest BCUT2D eigenvalue weighted by atomic mass is 10.1. The van der Waals surface area contributed by atoms with Crippen LogP contribution in [0.15, 0.2) is 35.7 Å². The van der Waals surface area contributed by atoms with Crippen molar-refractivity contribution < 1.29 is 14.6 Å². The van der Waals surface area contributed by atoms with Crippen LogP contribution in [0.25, 0.3) is 0 Å². The van der Waals surface area contributed by atoms with E-state index in [-0.39, 0.29) is 5.75 Å². The van der Waals surface area contributed by atoms with Gasteiger partial charge in [0, 0.05) is 11.4 Å². The van der Waals surface area contributed by atoms with Crippen LogP contribution in [0.5, 0.6) is 11.5 Å². The lowest BCUT2D eigenvalue weighted by molar-refractivity contribution is -0.120. The molecule has 112 valence electrons. The van der Waals surface area contributed by atoms with Crippen molar-refractivity contribution in [1.29, 1.82) is 0 Å². The molecule has 6 heteroatoms. The van der Waals surface area contributed by atoms with Crippen molar-refractivity contribution in [2.75, 3.05) is 6.61 Å². The van der Waals surface area contributed by atoms with Gasteiger partial charge in [0.15, 0.2) is 11.5 Å². The molecule has 1 aromatic heterocycles. The Kier molecular flexibility index (Phi) is 5.19. The highest BCUT2D eigenvalue weighted by molar-refractivity contribution is 7.09. The number of ether oxygens (including phenoxy) is 1. The quantitative estimate of drug-likeness (QED) is 0.732. The third-order valence-corrected chi connectivity index (χ3v) is 3.84. The first-order valence-electron chi connectivity index (χ1n) is 6.62. The highest BCUT2D eigenvalue weighted by Gasteiger charge is 2.19. The van der Waals surface area contributed by atoms with E-state index in [1.807, 2.05) is 24.4 Å². The normalized spacial score (nSPS) is 12.0. The summed E-state index contributed by atoms with van der Waals surface area (Å²) in [6, 6.07) is 8.10. The summed E-state index contributed by atoms with van der Waals surface area (Å²) in [4.78, 5) is 12.8. The molecule has 0 aliphatic heterocycles. The van der Waals surface area contributed by atoms with Crippen molar-refractivity contribution in [2.24, 2.45) is 5.73 Å². The van der Waals surface area contributed by atoms with Crippen LogP contribution in [0.4, 0.5) is 0 Å². The number of carbonyl (C=O) groups excluding carboxylic acids is 1. The zero-order valence-electron chi connectivity index (χ0n) is 11.7. The Balaban J connectivity index is 2.17. The molecule has 0 aliphatic carbocycles. The molecular weight excluding hydrogens is 288 g/mol. The lowest BCUT2D eigenvalue weighted by Crippen LogP contribution is -2.33. The second-order valence-corrected chi connectivity index (χ2v) is 5.49. The molecule has 1 unspecified atom stereocenters. The van der Waals surface area contributed by atoms with Crippen LogP contribution in [0.3, 0.4) is 0 Å². The smallest absolute Gasteiger partial charge is 0.239 e. The van der Waals surface area contributed by atoms with Gasteiger partial charge in [-0.3, -0.25) is 10.1 Å². The molecule has 0 saturated heterocycles. The molecule has 2 rings (SSSR count). The summed E-state index contributed by atoms with van der Waals surface area (Å²) in [6.07, 6.45) is 0. The van der Waals surface area contributed by atoms with E-state index in [0.717, 1.165) is 4.88 Å². The number of phenolic OH excluding ortho intramolecular Hbond substituents is 1. The standard InChI is InChI=1S/C15H18N2O3S/c1-2-20-13-8-10(5-6-12(13)18)14(15(16)19)17-9-11-4-3-7-21-11/h3-8,14,17-18H,2,9H2,1H3,(H2,16,19). The Morgan fingerprint density at radius 1 is 1.48 bits per heavy atom. The Labute approximate surface area is 127 Å². The maximum Gasteiger partial charge on any atom is 0.239 e. The van der Waals surface area contributed by atoms with Gasteiger partial charge in [-0.05, 0) is 36.1 Å². The predicted octanol–water partition coefficient (Wildman–Crippen LogP) is 2.17. The molecule has 1 heterocycles. The molecule has 0 spiro atoms. The zero-order valence-corrected chi connectivity index (χ0v) is 12.5. The number of hydrogen-bond acceptors (Lipinski definition) is 5. The van der Waals surface area contributed by atoms with Crippen molar-refractivity contribution >= 4 is 17.2 Å². The number of nitrogens with one attached hydrogen (secondary N) is 1. The maximum atomic E-state index is 11.7. The molecule has 21 heavy (non-hydrogen) atoms. The van der Waals surface area contributed by atoms with E-state index in [2.05, 4.69) is 5.32 Å². The average molecular weight is 306 g/mol. The van der Waals surface area contributed by atoms with E-state index < -0.39 is 11.9 Å². The fraction of sp³-hybridized carbons (Fsp3) is 0.267. The third-order valence-electron chi connectivity index (χ3n) is 2.96. The molecular formula is C15H18N2O3S. The van der Waals surface area contributed by atoms with E-state index in [1.54, 1.807) is 23.5 Å². The number of benzene rings is 1. The minimum atomic E-state index is -0.632. The first kappa shape index (κ1) is 15.3. The number of phenols is 1. The van der Waals surface area contributed by atoms with E-state index in [0.29, 0.717) is 24.5 Å². The second-order valence-electron chi connectivity index (χ2n) is 4.46. The van der Waals surface area contributed by atoms with Gasteiger partial charge in [0.25, 0.3) is 0 Å². The molecule has 1 amide bonds. The largest absolute Gasteiger partial charge is 0.504 e. The summed E-state index contributed by atoms with van der Waals surface area (Å²) in [5.74, 6) is -0.0825. The van der Waals surface area contributed by atoms with Gasteiger partial charge in [-0.1, -0.05) is 12.1 Å². The molecule has 1 aromatic carbocycles. The van der Waals surface area contributed by atoms with E-state index in [1.165, 1.54) is 6.07 Å². The molecule has 1 atom stereocenters. The van der Waals surface area contributed by atoms with Gasteiger partial charge in [0.2, 0.25) is 5.91 Å². The van der Waals surface area contributed by atoms with Crippen molar-refractivity contribution in [3.8, 4) is 11.5 Å². The summed E-state index contributed by atoms with van der Waals surface area (Å²) in [7, 11) is 0. The molecule has 0 saturated carbocycles. The highest BCUT2D eigenvalue weighted by atomic mass is 32.1. The third kappa shape index (κ3) is 3.96. The van der Waals surface area contributed by atoms with Crippen LogP contribution in [-0.2, 0) is 11.3 Å². The van der Waals surface area contributed by atoms with E-state index in [4.69, 9.17) is 10.5 Å². The number of aromatic hydroxyl groups is 1. The minimum Gasteiger partial charge on any atom is -0.504 e. The number of thiophene rings is 1. The van der Waals surface area contributed by atoms with Gasteiger partial charge in [-0.15, -0.1) is 11.3 Å². The number of carbonyl (C=O) groups is 1. The summed E-state index contributed by atoms with van der Waals surface area (Å²) in [5.41, 5.74) is 6.14. The second kappa shape index (κ2) is 7.10. The monoisotopic (exact) mass is 306 g/mol. The Bertz CT molecular complexity index is 599. The van der Waals surface area contributed by atoms with Gasteiger partial charge >= 0.3 is 0 Å². The first-order valence-corrected chi connectivity index (χ1v) is 7.50. The number of nitrogens with two attached hydrogens (primary N) is 1. The predicted molar refractivity (Wildman–Crippen MR) is 82.4 cm³/mol. The van der Waals surface area contributed by atoms with Crippen LogP contribution >= 0.6 is 11.3 Å². The van der Waals surface area contributed by atoms with Gasteiger partial charge in [-0.25, -0.2) is 0 Å². The molecule has 0 bridgehead atoms. The Morgan fingerprint density at radius 3 is 2.90 bits per heavy atom. The van der Waals surface area contributed by atoms with Crippen LogP contribution in [0.2, 0.25) is 0 Å². The Hall–Kier alpha value is -2.05. The first-order chi connectivity index (χ1) is 10.1. The highest BCUT2D eigenvalue weighted by Crippen LogP contribution is 2.29. The zero-order chi connectivity index (χ0) is 15.2. The summed E-state index contributed by atoms with van der Waals surface area (Å²) < 4.78 is 5.33. The lowest BCUT2D eigenvalue weighted by Gasteiger charge is -2.17. The van der Waals surface area contributed by atoms with Crippen LogP contribution in [0.1, 0.15) is 23.4 Å². The van der Waals surface area contributed by atoms with Gasteiger partial charge in [-0.2, -0.15) is 0 Å². The number of rotatable bonds is 7. The number of hydrogen-bond donors (Lipinski definition) is 3. The maximum absolute atomic E-state index is 11.7. The van der Waals surface area contributed by atoms with Gasteiger partial charge in [0.1, 0.15) is 6.04 Å². The van der Waals surface area contributed by atoms with Crippen molar-refractivity contribution in [3.05, 3.63) is 46.2 Å². The van der Waals surface area contributed by atoms with Crippen molar-refractivity contribution in [2.45, 2.75) is 19.5 Å². The molecule has 2 aromatic rings. The summed E-state index contributed by atoms with van der Waals surface area (Å²) >= 11 is 1.61. The SMILES string of the molecule is CCOc1cc(C(NCc2cccs2)C(N)=O)ccc1O. The molecule has 5 nitrogen and oxygen atoms in total. The van der Waals surface area contributed by atoms with Crippen LogP contribution in [0, 0.1) is 0 Å².